The monoisotopic (exact) mass is 300 g/mol. The van der Waals surface area contributed by atoms with Crippen LogP contribution in [0.25, 0.3) is 0 Å². The molecule has 0 saturated carbocycles. The number of carbonyl (C=O) groups is 1. The number of thioether (sulfide) groups is 1. The first kappa shape index (κ1) is 14.7. The molecule has 4 nitrogen and oxygen atoms in total. The van der Waals surface area contributed by atoms with Crippen molar-refractivity contribution in [1.29, 1.82) is 0 Å². The quantitative estimate of drug-likeness (QED) is 0.782. The maximum atomic E-state index is 11.4. The Kier molecular flexibility index (Phi) is 5.51. The summed E-state index contributed by atoms with van der Waals surface area (Å²) in [4.78, 5) is 18.3. The molecule has 0 bridgehead atoms. The number of anilines is 1. The standard InChI is InChI=1S/C13H20N2O2S2/c1-3-11-8-15(5-6-18-11)13-14-10(9-19-13)7-12(16)17-4-2/h9,11H,3-8H2,1-2H3. The van der Waals surface area contributed by atoms with Crippen LogP contribution in [0.3, 0.4) is 0 Å². The molecule has 0 aromatic carbocycles. The number of nitrogens with zero attached hydrogens (tertiary/aromatic N) is 2. The van der Waals surface area contributed by atoms with E-state index >= 15 is 0 Å². The van der Waals surface area contributed by atoms with Crippen LogP contribution >= 0.6 is 23.1 Å². The lowest BCUT2D eigenvalue weighted by molar-refractivity contribution is -0.142. The molecule has 2 heterocycles. The molecule has 1 fully saturated rings. The second-order valence-electron chi connectivity index (χ2n) is 4.45. The highest BCUT2D eigenvalue weighted by Gasteiger charge is 2.21. The van der Waals surface area contributed by atoms with E-state index in [9.17, 15) is 4.79 Å². The van der Waals surface area contributed by atoms with Crippen LogP contribution in [0.2, 0.25) is 0 Å². The van der Waals surface area contributed by atoms with Crippen LogP contribution in [0.5, 0.6) is 0 Å². The van der Waals surface area contributed by atoms with Gasteiger partial charge in [-0.2, -0.15) is 11.8 Å². The molecule has 0 amide bonds. The van der Waals surface area contributed by atoms with Gasteiger partial charge in [-0.05, 0) is 13.3 Å². The number of rotatable bonds is 5. The van der Waals surface area contributed by atoms with Crippen molar-refractivity contribution < 1.29 is 9.53 Å². The van der Waals surface area contributed by atoms with E-state index in [2.05, 4.69) is 16.8 Å². The van der Waals surface area contributed by atoms with Gasteiger partial charge in [0.05, 0.1) is 18.7 Å². The van der Waals surface area contributed by atoms with Crippen molar-refractivity contribution in [3.05, 3.63) is 11.1 Å². The second-order valence-corrected chi connectivity index (χ2v) is 6.70. The largest absolute Gasteiger partial charge is 0.466 e. The molecule has 0 spiro atoms. The van der Waals surface area contributed by atoms with Crippen LogP contribution < -0.4 is 4.90 Å². The van der Waals surface area contributed by atoms with Crippen LogP contribution in [0.15, 0.2) is 5.38 Å². The second kappa shape index (κ2) is 7.14. The average molecular weight is 300 g/mol. The van der Waals surface area contributed by atoms with Gasteiger partial charge in [0.2, 0.25) is 0 Å². The Bertz CT molecular complexity index is 423. The topological polar surface area (TPSA) is 42.4 Å². The van der Waals surface area contributed by atoms with Gasteiger partial charge in [0.1, 0.15) is 0 Å². The van der Waals surface area contributed by atoms with Gasteiger partial charge in [-0.3, -0.25) is 4.79 Å². The Hall–Kier alpha value is -0.750. The molecule has 1 aliphatic rings. The summed E-state index contributed by atoms with van der Waals surface area (Å²) in [5, 5.41) is 3.71. The van der Waals surface area contributed by atoms with Gasteiger partial charge in [-0.15, -0.1) is 11.3 Å². The number of aromatic nitrogens is 1. The van der Waals surface area contributed by atoms with Crippen molar-refractivity contribution in [2.24, 2.45) is 0 Å². The molecule has 19 heavy (non-hydrogen) atoms. The van der Waals surface area contributed by atoms with Crippen molar-refractivity contribution in [1.82, 2.24) is 4.98 Å². The average Bonchev–Trinajstić information content (AvgIpc) is 2.87. The lowest BCUT2D eigenvalue weighted by Crippen LogP contribution is -2.37. The van der Waals surface area contributed by atoms with Crippen LogP contribution in [0.1, 0.15) is 26.0 Å². The summed E-state index contributed by atoms with van der Waals surface area (Å²) in [6.45, 7) is 6.59. The van der Waals surface area contributed by atoms with E-state index in [1.54, 1.807) is 11.3 Å². The van der Waals surface area contributed by atoms with E-state index in [1.165, 1.54) is 6.42 Å². The molecule has 1 unspecified atom stereocenters. The molecule has 1 atom stereocenters. The smallest absolute Gasteiger partial charge is 0.311 e. The van der Waals surface area contributed by atoms with Gasteiger partial charge in [0.25, 0.3) is 0 Å². The molecule has 106 valence electrons. The van der Waals surface area contributed by atoms with Crippen molar-refractivity contribution >= 4 is 34.2 Å². The molecule has 1 saturated heterocycles. The zero-order valence-corrected chi connectivity index (χ0v) is 13.1. The van der Waals surface area contributed by atoms with E-state index in [0.29, 0.717) is 11.9 Å². The SMILES string of the molecule is CCOC(=O)Cc1csc(N2CCSC(CC)C2)n1. The Morgan fingerprint density at radius 3 is 3.16 bits per heavy atom. The normalized spacial score (nSPS) is 19.5. The lowest BCUT2D eigenvalue weighted by atomic mass is 10.3. The third-order valence-corrected chi connectivity index (χ3v) is 5.36. The Balaban J connectivity index is 1.94. The molecule has 1 aromatic heterocycles. The number of thiazole rings is 1. The van der Waals surface area contributed by atoms with Crippen LogP contribution in [0.4, 0.5) is 5.13 Å². The number of hydrogen-bond donors (Lipinski definition) is 0. The van der Waals surface area contributed by atoms with Gasteiger partial charge in [0.15, 0.2) is 5.13 Å². The van der Waals surface area contributed by atoms with E-state index < -0.39 is 0 Å². The van der Waals surface area contributed by atoms with Gasteiger partial charge in [-0.1, -0.05) is 6.92 Å². The first-order valence-corrected chi connectivity index (χ1v) is 8.62. The third kappa shape index (κ3) is 4.11. The molecule has 0 N–H and O–H groups in total. The summed E-state index contributed by atoms with van der Waals surface area (Å²) in [5.41, 5.74) is 0.824. The summed E-state index contributed by atoms with van der Waals surface area (Å²) < 4.78 is 4.94. The van der Waals surface area contributed by atoms with Gasteiger partial charge >= 0.3 is 5.97 Å². The predicted octanol–water partition coefficient (Wildman–Crippen LogP) is 2.58. The molecular weight excluding hydrogens is 280 g/mol. The van der Waals surface area contributed by atoms with Crippen LogP contribution in [0, 0.1) is 0 Å². The summed E-state index contributed by atoms with van der Waals surface area (Å²) in [6, 6.07) is 0. The highest BCUT2D eigenvalue weighted by atomic mass is 32.2. The fourth-order valence-electron chi connectivity index (χ4n) is 2.02. The number of hydrogen-bond acceptors (Lipinski definition) is 6. The van der Waals surface area contributed by atoms with Gasteiger partial charge in [0, 0.05) is 29.5 Å². The summed E-state index contributed by atoms with van der Waals surface area (Å²) in [6.07, 6.45) is 1.48. The highest BCUT2D eigenvalue weighted by Crippen LogP contribution is 2.28. The molecular formula is C13H20N2O2S2. The molecule has 0 radical (unpaired) electrons. The zero-order valence-electron chi connectivity index (χ0n) is 11.4. The fraction of sp³-hybridized carbons (Fsp3) is 0.692. The van der Waals surface area contributed by atoms with Crippen molar-refractivity contribution in [3.8, 4) is 0 Å². The minimum atomic E-state index is -0.194. The summed E-state index contributed by atoms with van der Waals surface area (Å²) in [7, 11) is 0. The summed E-state index contributed by atoms with van der Waals surface area (Å²) >= 11 is 3.67. The Labute approximate surface area is 122 Å². The lowest BCUT2D eigenvalue weighted by Gasteiger charge is -2.31. The number of ether oxygens (including phenoxy) is 1. The highest BCUT2D eigenvalue weighted by molar-refractivity contribution is 8.00. The molecule has 6 heteroatoms. The minimum absolute atomic E-state index is 0.194. The third-order valence-electron chi connectivity index (χ3n) is 3.04. The molecule has 1 aliphatic heterocycles. The maximum Gasteiger partial charge on any atom is 0.311 e. The van der Waals surface area contributed by atoms with Gasteiger partial charge < -0.3 is 9.64 Å². The molecule has 0 aliphatic carbocycles. The predicted molar refractivity (Wildman–Crippen MR) is 81.2 cm³/mol. The fourth-order valence-corrected chi connectivity index (χ4v) is 4.07. The van der Waals surface area contributed by atoms with Crippen LogP contribution in [-0.4, -0.2) is 41.7 Å². The Morgan fingerprint density at radius 1 is 1.58 bits per heavy atom. The van der Waals surface area contributed by atoms with Crippen molar-refractivity contribution in [2.75, 3.05) is 30.3 Å². The van der Waals surface area contributed by atoms with E-state index in [1.807, 2.05) is 24.1 Å². The van der Waals surface area contributed by atoms with Gasteiger partial charge in [-0.25, -0.2) is 4.98 Å². The van der Waals surface area contributed by atoms with E-state index in [-0.39, 0.29) is 12.4 Å². The first-order valence-electron chi connectivity index (χ1n) is 6.69. The van der Waals surface area contributed by atoms with E-state index in [0.717, 1.165) is 29.7 Å². The zero-order chi connectivity index (χ0) is 13.7. The van der Waals surface area contributed by atoms with Crippen molar-refractivity contribution in [3.63, 3.8) is 0 Å². The summed E-state index contributed by atoms with van der Waals surface area (Å²) in [5.74, 6) is 0.964. The molecule has 2 rings (SSSR count). The Morgan fingerprint density at radius 2 is 2.42 bits per heavy atom. The van der Waals surface area contributed by atoms with E-state index in [4.69, 9.17) is 4.74 Å². The first-order chi connectivity index (χ1) is 9.22. The number of carbonyl (C=O) groups excluding carboxylic acids is 1. The maximum absolute atomic E-state index is 11.4. The molecule has 1 aromatic rings. The van der Waals surface area contributed by atoms with Crippen molar-refractivity contribution in [2.45, 2.75) is 31.9 Å². The van der Waals surface area contributed by atoms with Crippen LogP contribution in [-0.2, 0) is 16.0 Å². The number of esters is 1. The minimum Gasteiger partial charge on any atom is -0.466 e.